The molecule has 1 aliphatic heterocycles. The molecule has 6 heteroatoms. The Balaban J connectivity index is 2.51. The molecule has 2 rings (SSSR count). The van der Waals surface area contributed by atoms with Crippen molar-refractivity contribution in [1.29, 1.82) is 0 Å². The molecular formula is C8H10N4O2. The molecule has 1 aromatic heterocycles. The first-order valence-corrected chi connectivity index (χ1v) is 4.19. The molecule has 0 spiro atoms. The van der Waals surface area contributed by atoms with Crippen LogP contribution in [0.4, 0.5) is 11.8 Å². The van der Waals surface area contributed by atoms with E-state index in [1.54, 1.807) is 13.8 Å². The fraction of sp³-hybridized carbons (Fsp3) is 0.375. The molecule has 0 unspecified atom stereocenters. The number of nitrogens with two attached hydrogens (primary N) is 1. The van der Waals surface area contributed by atoms with Crippen LogP contribution in [0.1, 0.15) is 12.6 Å². The maximum Gasteiger partial charge on any atom is 0.266 e. The standard InChI is InChI=1S/C8H10N4O2/c1-3-5-6(12-8(9)10-3)11-7(13)4(2)14-5/h4H,1-2H3,(H3,9,10,11,12,13)/t4-/m0/s1. The third kappa shape index (κ3) is 1.24. The van der Waals surface area contributed by atoms with Gasteiger partial charge in [0.1, 0.15) is 0 Å². The highest BCUT2D eigenvalue weighted by atomic mass is 16.5. The van der Waals surface area contributed by atoms with Gasteiger partial charge in [-0.3, -0.25) is 4.79 Å². The molecule has 1 aliphatic rings. The number of nitrogen functional groups attached to an aromatic ring is 1. The van der Waals surface area contributed by atoms with Gasteiger partial charge >= 0.3 is 0 Å². The molecular weight excluding hydrogens is 184 g/mol. The van der Waals surface area contributed by atoms with Gasteiger partial charge in [0.2, 0.25) is 5.95 Å². The van der Waals surface area contributed by atoms with E-state index in [0.29, 0.717) is 17.3 Å². The number of carbonyl (C=O) groups excluding carboxylic acids is 1. The summed E-state index contributed by atoms with van der Waals surface area (Å²) in [6, 6.07) is 0. The average Bonchev–Trinajstić information content (AvgIpc) is 2.08. The summed E-state index contributed by atoms with van der Waals surface area (Å²) in [5, 5.41) is 2.60. The molecule has 3 N–H and O–H groups in total. The highest BCUT2D eigenvalue weighted by molar-refractivity contribution is 5.96. The van der Waals surface area contributed by atoms with Crippen LogP contribution in [-0.2, 0) is 4.79 Å². The Bertz CT molecular complexity index is 405. The van der Waals surface area contributed by atoms with Crippen molar-refractivity contribution >= 4 is 17.7 Å². The van der Waals surface area contributed by atoms with Crippen LogP contribution in [-0.4, -0.2) is 22.0 Å². The van der Waals surface area contributed by atoms with Crippen molar-refractivity contribution in [2.45, 2.75) is 20.0 Å². The molecule has 0 aromatic carbocycles. The predicted octanol–water partition coefficient (Wildman–Crippen LogP) is 0.0866. The van der Waals surface area contributed by atoms with E-state index >= 15 is 0 Å². The predicted molar refractivity (Wildman–Crippen MR) is 49.9 cm³/mol. The first-order valence-electron chi connectivity index (χ1n) is 4.19. The van der Waals surface area contributed by atoms with Crippen LogP contribution in [0.2, 0.25) is 0 Å². The zero-order valence-electron chi connectivity index (χ0n) is 7.87. The van der Waals surface area contributed by atoms with Crippen molar-refractivity contribution < 1.29 is 9.53 Å². The summed E-state index contributed by atoms with van der Waals surface area (Å²) in [6.07, 6.45) is -0.520. The van der Waals surface area contributed by atoms with Gasteiger partial charge in [-0.05, 0) is 13.8 Å². The quantitative estimate of drug-likeness (QED) is 0.610. The smallest absolute Gasteiger partial charge is 0.266 e. The molecule has 0 aliphatic carbocycles. The van der Waals surface area contributed by atoms with Crippen molar-refractivity contribution in [2.24, 2.45) is 0 Å². The van der Waals surface area contributed by atoms with Crippen LogP contribution in [0.25, 0.3) is 0 Å². The molecule has 1 amide bonds. The van der Waals surface area contributed by atoms with Gasteiger partial charge in [0.05, 0.1) is 5.69 Å². The van der Waals surface area contributed by atoms with Crippen molar-refractivity contribution in [3.8, 4) is 5.75 Å². The Morgan fingerprint density at radius 1 is 1.50 bits per heavy atom. The van der Waals surface area contributed by atoms with Crippen LogP contribution < -0.4 is 15.8 Å². The number of carbonyl (C=O) groups is 1. The van der Waals surface area contributed by atoms with E-state index in [9.17, 15) is 4.79 Å². The first-order chi connectivity index (χ1) is 6.58. The summed E-state index contributed by atoms with van der Waals surface area (Å²) in [5.74, 6) is 0.735. The number of aryl methyl sites for hydroxylation is 1. The van der Waals surface area contributed by atoms with Gasteiger partial charge in [-0.2, -0.15) is 4.98 Å². The number of amides is 1. The minimum Gasteiger partial charge on any atom is -0.475 e. The zero-order chi connectivity index (χ0) is 10.3. The lowest BCUT2D eigenvalue weighted by molar-refractivity contribution is -0.122. The third-order valence-corrected chi connectivity index (χ3v) is 1.96. The van der Waals surface area contributed by atoms with Gasteiger partial charge in [-0.15, -0.1) is 0 Å². The maximum atomic E-state index is 11.2. The van der Waals surface area contributed by atoms with Gasteiger partial charge in [-0.25, -0.2) is 4.98 Å². The lowest BCUT2D eigenvalue weighted by Crippen LogP contribution is -2.35. The van der Waals surface area contributed by atoms with Crippen LogP contribution in [0.5, 0.6) is 5.75 Å². The Hall–Kier alpha value is -1.85. The first kappa shape index (κ1) is 8.74. The Morgan fingerprint density at radius 2 is 2.21 bits per heavy atom. The second-order valence-electron chi connectivity index (χ2n) is 3.09. The van der Waals surface area contributed by atoms with E-state index in [2.05, 4.69) is 15.3 Å². The SMILES string of the molecule is Cc1nc(N)nc2c1O[C@@H](C)C(=O)N2. The molecule has 6 nitrogen and oxygen atoms in total. The average molecular weight is 194 g/mol. The maximum absolute atomic E-state index is 11.2. The van der Waals surface area contributed by atoms with Gasteiger partial charge in [-0.1, -0.05) is 0 Å². The van der Waals surface area contributed by atoms with Gasteiger partial charge < -0.3 is 15.8 Å². The van der Waals surface area contributed by atoms with Crippen molar-refractivity contribution in [3.05, 3.63) is 5.69 Å². The van der Waals surface area contributed by atoms with Crippen LogP contribution in [0.15, 0.2) is 0 Å². The summed E-state index contributed by atoms with van der Waals surface area (Å²) in [4.78, 5) is 19.0. The minimum atomic E-state index is -0.520. The van der Waals surface area contributed by atoms with Gasteiger partial charge in [0, 0.05) is 0 Å². The minimum absolute atomic E-state index is 0.125. The van der Waals surface area contributed by atoms with E-state index in [1.807, 2.05) is 0 Å². The Labute approximate surface area is 80.5 Å². The van der Waals surface area contributed by atoms with E-state index in [-0.39, 0.29) is 11.9 Å². The van der Waals surface area contributed by atoms with E-state index in [4.69, 9.17) is 10.5 Å². The van der Waals surface area contributed by atoms with Crippen molar-refractivity contribution in [3.63, 3.8) is 0 Å². The highest BCUT2D eigenvalue weighted by Gasteiger charge is 2.26. The number of anilines is 2. The second kappa shape index (κ2) is 2.83. The molecule has 0 radical (unpaired) electrons. The number of nitrogens with one attached hydrogen (secondary N) is 1. The van der Waals surface area contributed by atoms with E-state index < -0.39 is 6.10 Å². The van der Waals surface area contributed by atoms with Gasteiger partial charge in [0.25, 0.3) is 5.91 Å². The summed E-state index contributed by atoms with van der Waals surface area (Å²) in [7, 11) is 0. The van der Waals surface area contributed by atoms with E-state index in [0.717, 1.165) is 0 Å². The topological polar surface area (TPSA) is 90.1 Å². The number of fused-ring (bicyclic) bond motifs is 1. The number of aromatic nitrogens is 2. The van der Waals surface area contributed by atoms with Crippen LogP contribution in [0, 0.1) is 6.92 Å². The lowest BCUT2D eigenvalue weighted by atomic mass is 10.3. The normalized spacial score (nSPS) is 19.6. The second-order valence-corrected chi connectivity index (χ2v) is 3.09. The van der Waals surface area contributed by atoms with Crippen LogP contribution >= 0.6 is 0 Å². The third-order valence-electron chi connectivity index (χ3n) is 1.96. The Kier molecular flexibility index (Phi) is 1.77. The molecule has 0 bridgehead atoms. The summed E-state index contributed by atoms with van der Waals surface area (Å²) < 4.78 is 5.34. The monoisotopic (exact) mass is 194 g/mol. The molecule has 1 atom stereocenters. The molecule has 1 aromatic rings. The summed E-state index contributed by atoms with van der Waals surface area (Å²) >= 11 is 0. The molecule has 0 fully saturated rings. The number of nitrogens with zero attached hydrogens (tertiary/aromatic N) is 2. The number of hydrogen-bond donors (Lipinski definition) is 2. The molecule has 74 valence electrons. The van der Waals surface area contributed by atoms with Crippen molar-refractivity contribution in [1.82, 2.24) is 9.97 Å². The molecule has 0 saturated carbocycles. The van der Waals surface area contributed by atoms with Crippen molar-refractivity contribution in [2.75, 3.05) is 11.1 Å². The fourth-order valence-electron chi connectivity index (χ4n) is 1.26. The molecule has 0 saturated heterocycles. The van der Waals surface area contributed by atoms with Gasteiger partial charge in [0.15, 0.2) is 17.7 Å². The lowest BCUT2D eigenvalue weighted by Gasteiger charge is -2.23. The largest absolute Gasteiger partial charge is 0.475 e. The fourth-order valence-corrected chi connectivity index (χ4v) is 1.26. The molecule has 2 heterocycles. The Morgan fingerprint density at radius 3 is 2.93 bits per heavy atom. The highest BCUT2D eigenvalue weighted by Crippen LogP contribution is 2.30. The summed E-state index contributed by atoms with van der Waals surface area (Å²) in [5.41, 5.74) is 6.06. The summed E-state index contributed by atoms with van der Waals surface area (Å²) in [6.45, 7) is 3.41. The number of hydrogen-bond acceptors (Lipinski definition) is 5. The molecule has 14 heavy (non-hydrogen) atoms. The zero-order valence-corrected chi connectivity index (χ0v) is 7.87. The van der Waals surface area contributed by atoms with Crippen LogP contribution in [0.3, 0.4) is 0 Å². The van der Waals surface area contributed by atoms with E-state index in [1.165, 1.54) is 0 Å². The number of rotatable bonds is 0. The number of ether oxygens (including phenoxy) is 1.